The second-order valence-corrected chi connectivity index (χ2v) is 5.75. The first-order valence-electron chi connectivity index (χ1n) is 7.97. The van der Waals surface area contributed by atoms with Crippen molar-refractivity contribution >= 4 is 16.8 Å². The summed E-state index contributed by atoms with van der Waals surface area (Å²) in [5.41, 5.74) is 3.21. The van der Waals surface area contributed by atoms with Gasteiger partial charge in [0.25, 0.3) is 0 Å². The molecule has 0 bridgehead atoms. The van der Waals surface area contributed by atoms with E-state index in [4.69, 9.17) is 4.74 Å². The Morgan fingerprint density at radius 1 is 1.15 bits per heavy atom. The summed E-state index contributed by atoms with van der Waals surface area (Å²) in [7, 11) is 1.56. The lowest BCUT2D eigenvalue weighted by molar-refractivity contribution is 0.104. The van der Waals surface area contributed by atoms with Gasteiger partial charge in [-0.3, -0.25) is 4.79 Å². The maximum atomic E-state index is 13.0. The molecular formula is C20H15N3O3. The molecule has 0 saturated heterocycles. The Bertz CT molecular complexity index is 1100. The standard InChI is InChI=1S/C20H15N3O3/c1-26-17-6-5-13(10-22-17)15-7-8-21-20-18(15)16(11-23-20)19(25)12-3-2-4-14(24)9-12/h2-11,24H,1H3,(H,21,23). The van der Waals surface area contributed by atoms with Crippen LogP contribution in [0.2, 0.25) is 0 Å². The average molecular weight is 345 g/mol. The number of nitrogens with zero attached hydrogens (tertiary/aromatic N) is 2. The zero-order valence-corrected chi connectivity index (χ0v) is 13.9. The molecular weight excluding hydrogens is 330 g/mol. The van der Waals surface area contributed by atoms with Crippen LogP contribution in [-0.2, 0) is 0 Å². The molecule has 6 heteroatoms. The van der Waals surface area contributed by atoms with Crippen molar-refractivity contribution in [2.75, 3.05) is 7.11 Å². The summed E-state index contributed by atoms with van der Waals surface area (Å²) in [6, 6.07) is 11.8. The predicted molar refractivity (Wildman–Crippen MR) is 97.4 cm³/mol. The van der Waals surface area contributed by atoms with Gasteiger partial charge in [0.2, 0.25) is 5.88 Å². The van der Waals surface area contributed by atoms with E-state index >= 15 is 0 Å². The van der Waals surface area contributed by atoms with Crippen molar-refractivity contribution in [1.82, 2.24) is 15.0 Å². The van der Waals surface area contributed by atoms with Crippen LogP contribution in [0, 0.1) is 0 Å². The second-order valence-electron chi connectivity index (χ2n) is 5.75. The number of aromatic hydroxyl groups is 1. The Morgan fingerprint density at radius 2 is 2.04 bits per heavy atom. The van der Waals surface area contributed by atoms with Gasteiger partial charge in [0.15, 0.2) is 5.78 Å². The van der Waals surface area contributed by atoms with Crippen molar-refractivity contribution in [2.24, 2.45) is 0 Å². The number of rotatable bonds is 4. The van der Waals surface area contributed by atoms with E-state index in [1.807, 2.05) is 12.1 Å². The predicted octanol–water partition coefficient (Wildman–Crippen LogP) is 3.57. The van der Waals surface area contributed by atoms with E-state index in [2.05, 4.69) is 15.0 Å². The van der Waals surface area contributed by atoms with Crippen molar-refractivity contribution in [3.8, 4) is 22.8 Å². The number of phenols is 1. The molecule has 0 atom stereocenters. The number of ether oxygens (including phenoxy) is 1. The minimum Gasteiger partial charge on any atom is -0.508 e. The van der Waals surface area contributed by atoms with Crippen molar-refractivity contribution in [3.05, 3.63) is 72.2 Å². The number of benzene rings is 1. The third kappa shape index (κ3) is 2.67. The molecule has 0 aliphatic rings. The van der Waals surface area contributed by atoms with Crippen LogP contribution in [-0.4, -0.2) is 33.0 Å². The number of aromatic nitrogens is 3. The normalized spacial score (nSPS) is 10.8. The Morgan fingerprint density at radius 3 is 2.77 bits per heavy atom. The minimum absolute atomic E-state index is 0.0494. The molecule has 0 aliphatic heterocycles. The van der Waals surface area contributed by atoms with Gasteiger partial charge in [0, 0.05) is 41.2 Å². The van der Waals surface area contributed by atoms with Crippen LogP contribution in [0.3, 0.4) is 0 Å². The van der Waals surface area contributed by atoms with Crippen LogP contribution < -0.4 is 4.74 Å². The minimum atomic E-state index is -0.192. The zero-order valence-electron chi connectivity index (χ0n) is 13.9. The van der Waals surface area contributed by atoms with Gasteiger partial charge in [-0.1, -0.05) is 12.1 Å². The summed E-state index contributed by atoms with van der Waals surface area (Å²) in [6.45, 7) is 0. The Balaban J connectivity index is 1.88. The van der Waals surface area contributed by atoms with Crippen molar-refractivity contribution in [1.29, 1.82) is 0 Å². The van der Waals surface area contributed by atoms with Gasteiger partial charge in [-0.05, 0) is 29.8 Å². The van der Waals surface area contributed by atoms with Crippen LogP contribution >= 0.6 is 0 Å². The highest BCUT2D eigenvalue weighted by atomic mass is 16.5. The van der Waals surface area contributed by atoms with Gasteiger partial charge in [0.05, 0.1) is 12.7 Å². The van der Waals surface area contributed by atoms with Crippen LogP contribution in [0.15, 0.2) is 61.1 Å². The molecule has 0 saturated carbocycles. The van der Waals surface area contributed by atoms with Crippen LogP contribution in [0.5, 0.6) is 11.6 Å². The topological polar surface area (TPSA) is 88.1 Å². The van der Waals surface area contributed by atoms with Crippen molar-refractivity contribution in [2.45, 2.75) is 0 Å². The summed E-state index contributed by atoms with van der Waals surface area (Å²) in [5, 5.41) is 10.4. The van der Waals surface area contributed by atoms with E-state index in [1.165, 1.54) is 12.1 Å². The maximum Gasteiger partial charge on any atom is 0.212 e. The number of fused-ring (bicyclic) bond motifs is 1. The first-order valence-corrected chi connectivity index (χ1v) is 7.97. The van der Waals surface area contributed by atoms with Gasteiger partial charge in [-0.15, -0.1) is 0 Å². The first kappa shape index (κ1) is 15.8. The van der Waals surface area contributed by atoms with Crippen LogP contribution in [0.1, 0.15) is 15.9 Å². The van der Waals surface area contributed by atoms with Crippen LogP contribution in [0.4, 0.5) is 0 Å². The lowest BCUT2D eigenvalue weighted by atomic mass is 9.98. The molecule has 1 aromatic carbocycles. The number of pyridine rings is 2. The van der Waals surface area contributed by atoms with E-state index in [1.54, 1.807) is 43.9 Å². The number of phenolic OH excluding ortho intramolecular Hbond substituents is 1. The molecule has 0 spiro atoms. The third-order valence-electron chi connectivity index (χ3n) is 4.18. The Hall–Kier alpha value is -3.67. The number of nitrogens with one attached hydrogen (secondary N) is 1. The molecule has 0 amide bonds. The maximum absolute atomic E-state index is 13.0. The Labute approximate surface area is 149 Å². The van der Waals surface area contributed by atoms with Gasteiger partial charge in [0.1, 0.15) is 11.4 Å². The number of methoxy groups -OCH3 is 1. The molecule has 0 radical (unpaired) electrons. The molecule has 0 unspecified atom stereocenters. The number of hydrogen-bond acceptors (Lipinski definition) is 5. The van der Waals surface area contributed by atoms with E-state index in [9.17, 15) is 9.90 Å². The quantitative estimate of drug-likeness (QED) is 0.552. The molecule has 2 N–H and O–H groups in total. The number of H-pyrrole nitrogens is 1. The molecule has 26 heavy (non-hydrogen) atoms. The largest absolute Gasteiger partial charge is 0.508 e. The van der Waals surface area contributed by atoms with Crippen LogP contribution in [0.25, 0.3) is 22.2 Å². The molecule has 3 aromatic heterocycles. The molecule has 4 rings (SSSR count). The summed E-state index contributed by atoms with van der Waals surface area (Å²) in [6.07, 6.45) is 5.02. The molecule has 4 aromatic rings. The summed E-state index contributed by atoms with van der Waals surface area (Å²) in [4.78, 5) is 24.6. The fourth-order valence-electron chi connectivity index (χ4n) is 2.94. The number of carbonyl (C=O) groups is 1. The number of ketones is 1. The van der Waals surface area contributed by atoms with E-state index < -0.39 is 0 Å². The van der Waals surface area contributed by atoms with Gasteiger partial charge < -0.3 is 14.8 Å². The van der Waals surface area contributed by atoms with Gasteiger partial charge in [-0.25, -0.2) is 9.97 Å². The lowest BCUT2D eigenvalue weighted by Crippen LogP contribution is -2.00. The number of carbonyl (C=O) groups excluding carboxylic acids is 1. The third-order valence-corrected chi connectivity index (χ3v) is 4.18. The first-order chi connectivity index (χ1) is 12.7. The van der Waals surface area contributed by atoms with E-state index in [0.717, 1.165) is 11.1 Å². The fourth-order valence-corrected chi connectivity index (χ4v) is 2.94. The highest BCUT2D eigenvalue weighted by Gasteiger charge is 2.18. The number of aromatic amines is 1. The average Bonchev–Trinajstić information content (AvgIpc) is 3.12. The molecule has 0 aliphatic carbocycles. The second kappa shape index (κ2) is 6.33. The number of hydrogen-bond donors (Lipinski definition) is 2. The van der Waals surface area contributed by atoms with Crippen molar-refractivity contribution in [3.63, 3.8) is 0 Å². The fraction of sp³-hybridized carbons (Fsp3) is 0.0500. The molecule has 3 heterocycles. The van der Waals surface area contributed by atoms with Gasteiger partial charge >= 0.3 is 0 Å². The van der Waals surface area contributed by atoms with Crippen molar-refractivity contribution < 1.29 is 14.6 Å². The molecule has 6 nitrogen and oxygen atoms in total. The Kier molecular flexibility index (Phi) is 3.85. The molecule has 128 valence electrons. The van der Waals surface area contributed by atoms with E-state index in [0.29, 0.717) is 28.0 Å². The highest BCUT2D eigenvalue weighted by Crippen LogP contribution is 2.31. The van der Waals surface area contributed by atoms with Gasteiger partial charge in [-0.2, -0.15) is 0 Å². The summed E-state index contributed by atoms with van der Waals surface area (Å²) >= 11 is 0. The van der Waals surface area contributed by atoms with E-state index in [-0.39, 0.29) is 11.5 Å². The summed E-state index contributed by atoms with van der Waals surface area (Å²) < 4.78 is 5.10. The monoisotopic (exact) mass is 345 g/mol. The summed E-state index contributed by atoms with van der Waals surface area (Å²) in [5.74, 6) is 0.375. The smallest absolute Gasteiger partial charge is 0.212 e. The zero-order chi connectivity index (χ0) is 18.1. The highest BCUT2D eigenvalue weighted by molar-refractivity contribution is 6.18. The SMILES string of the molecule is COc1ccc(-c2ccnc3[nH]cc(C(=O)c4cccc(O)c4)c23)cn1. The lowest BCUT2D eigenvalue weighted by Gasteiger charge is -2.07. The molecule has 0 fully saturated rings.